The van der Waals surface area contributed by atoms with Crippen LogP contribution in [0.3, 0.4) is 0 Å². The minimum absolute atomic E-state index is 0.0557. The van der Waals surface area contributed by atoms with Crippen molar-refractivity contribution in [3.63, 3.8) is 0 Å². The zero-order chi connectivity index (χ0) is 28.1. The molecule has 5 atom stereocenters. The van der Waals surface area contributed by atoms with Crippen molar-refractivity contribution in [1.29, 1.82) is 0 Å². The summed E-state index contributed by atoms with van der Waals surface area (Å²) in [6, 6.07) is 15.4. The maximum Gasteiger partial charge on any atom is 0.355 e. The molecule has 12 heteroatoms. The van der Waals surface area contributed by atoms with Crippen molar-refractivity contribution in [3.8, 4) is 0 Å². The van der Waals surface area contributed by atoms with E-state index in [4.69, 9.17) is 4.74 Å². The van der Waals surface area contributed by atoms with Crippen LogP contribution in [0, 0.1) is 22.0 Å². The molecule has 4 heterocycles. The molecule has 1 unspecified atom stereocenters. The molecule has 0 aliphatic carbocycles. The quantitative estimate of drug-likeness (QED) is 0.165. The molecule has 0 saturated carbocycles. The largest absolute Gasteiger partial charge is 0.456 e. The predicted molar refractivity (Wildman–Crippen MR) is 150 cm³/mol. The molecule has 1 saturated heterocycles. The summed E-state index contributed by atoms with van der Waals surface area (Å²) in [5.74, 6) is -1.71. The molecule has 0 radical (unpaired) electrons. The standard InChI is InChI=1S/C28H25N4O6S2/c1-15-21(20-12-30-14-29-25(27(30)40-20)39-19-6-4-3-5-7-19)24(31-23(15)22(16(2)33)26(31)34)28(35)38-13-17-8-10-18(11-9-17)32(36)37/h3-12,14-16,20,22-23,33H,13H2,1-2H3/q+1/t15-,16+,20?,22+,23+/m0/s1. The predicted octanol–water partition coefficient (Wildman–Crippen LogP) is 3.91. The number of aliphatic hydroxyl groups is 1. The van der Waals surface area contributed by atoms with Crippen LogP contribution in [0.5, 0.6) is 0 Å². The molecule has 1 amide bonds. The van der Waals surface area contributed by atoms with Gasteiger partial charge in [0.05, 0.1) is 34.5 Å². The molecule has 1 N–H and O–H groups in total. The Morgan fingerprint density at radius 3 is 2.65 bits per heavy atom. The van der Waals surface area contributed by atoms with Gasteiger partial charge in [-0.1, -0.05) is 36.9 Å². The molecule has 2 aromatic carbocycles. The smallest absolute Gasteiger partial charge is 0.355 e. The number of fused-ring (bicyclic) bond motifs is 2. The van der Waals surface area contributed by atoms with E-state index < -0.39 is 22.9 Å². The summed E-state index contributed by atoms with van der Waals surface area (Å²) >= 11 is 3.12. The lowest BCUT2D eigenvalue weighted by Gasteiger charge is -2.46. The van der Waals surface area contributed by atoms with E-state index in [0.717, 1.165) is 20.5 Å². The Morgan fingerprint density at radius 1 is 1.25 bits per heavy atom. The molecule has 4 aliphatic rings. The van der Waals surface area contributed by atoms with Crippen LogP contribution in [0.15, 0.2) is 85.8 Å². The van der Waals surface area contributed by atoms with Crippen LogP contribution in [0.2, 0.25) is 0 Å². The number of carbonyl (C=O) groups excluding carboxylic acids is 2. The number of hydrogen-bond acceptors (Lipinski definition) is 9. The molecule has 204 valence electrons. The second kappa shape index (κ2) is 10.3. The molecular formula is C28H25N4O6S2+. The van der Waals surface area contributed by atoms with Gasteiger partial charge in [-0.05, 0) is 59.1 Å². The topological polar surface area (TPSA) is 125 Å². The number of nitro benzene ring substituents is 1. The fourth-order valence-corrected chi connectivity index (χ4v) is 7.91. The fraction of sp³-hybridized carbons (Fsp3) is 0.286. The SMILES string of the molecule is C[C@@H](O)[C@H]1C(=O)N2C(C(=O)OCc3ccc([N+](=O)[O-])cc3)=C(C3C=[N+]4C=NC(Sc5ccccc5)=C4S3)[C@H](C)[C@H]12. The number of esters is 1. The monoisotopic (exact) mass is 577 g/mol. The number of nitrogens with zero attached hydrogens (tertiary/aromatic N) is 4. The summed E-state index contributed by atoms with van der Waals surface area (Å²) in [7, 11) is 0. The molecule has 10 nitrogen and oxygen atoms in total. The molecule has 6 rings (SSSR count). The molecule has 0 spiro atoms. The molecule has 0 aromatic heterocycles. The highest BCUT2D eigenvalue weighted by molar-refractivity contribution is 8.07. The van der Waals surface area contributed by atoms with Crippen LogP contribution >= 0.6 is 23.5 Å². The highest BCUT2D eigenvalue weighted by atomic mass is 32.2. The van der Waals surface area contributed by atoms with Crippen LogP contribution in [0.25, 0.3) is 0 Å². The summed E-state index contributed by atoms with van der Waals surface area (Å²) in [4.78, 5) is 44.2. The third kappa shape index (κ3) is 4.45. The third-order valence-corrected chi connectivity index (χ3v) is 9.84. The third-order valence-electron chi connectivity index (χ3n) is 7.45. The fourth-order valence-electron chi connectivity index (χ4n) is 5.56. The van der Waals surface area contributed by atoms with Gasteiger partial charge in [0.2, 0.25) is 10.9 Å². The summed E-state index contributed by atoms with van der Waals surface area (Å²) < 4.78 is 7.59. The van der Waals surface area contributed by atoms with Crippen LogP contribution in [0.1, 0.15) is 19.4 Å². The van der Waals surface area contributed by atoms with Gasteiger partial charge in [0, 0.05) is 22.9 Å². The summed E-state index contributed by atoms with van der Waals surface area (Å²) in [6.45, 7) is 3.47. The van der Waals surface area contributed by atoms with E-state index in [1.54, 1.807) is 36.8 Å². The molecule has 40 heavy (non-hydrogen) atoms. The van der Waals surface area contributed by atoms with Gasteiger partial charge in [-0.2, -0.15) is 4.58 Å². The first-order chi connectivity index (χ1) is 19.2. The van der Waals surface area contributed by atoms with E-state index in [9.17, 15) is 24.8 Å². The molecule has 0 bridgehead atoms. The first-order valence-corrected chi connectivity index (χ1v) is 14.4. The maximum absolute atomic E-state index is 13.5. The minimum atomic E-state index is -0.847. The van der Waals surface area contributed by atoms with Crippen molar-refractivity contribution in [1.82, 2.24) is 4.90 Å². The van der Waals surface area contributed by atoms with Gasteiger partial charge in [-0.15, -0.1) is 0 Å². The number of nitro groups is 1. The first kappa shape index (κ1) is 26.5. The number of ether oxygens (including phenoxy) is 1. The van der Waals surface area contributed by atoms with E-state index >= 15 is 0 Å². The highest BCUT2D eigenvalue weighted by Gasteiger charge is 2.61. The Bertz CT molecular complexity index is 1530. The van der Waals surface area contributed by atoms with Crippen molar-refractivity contribution in [3.05, 3.63) is 91.6 Å². The van der Waals surface area contributed by atoms with E-state index in [1.165, 1.54) is 29.2 Å². The maximum atomic E-state index is 13.5. The number of rotatable bonds is 8. The second-order valence-electron chi connectivity index (χ2n) is 9.92. The number of benzene rings is 2. The molecule has 1 fully saturated rings. The number of non-ortho nitro benzene ring substituents is 1. The molecular weight excluding hydrogens is 552 g/mol. The van der Waals surface area contributed by atoms with Crippen molar-refractivity contribution in [2.75, 3.05) is 0 Å². The van der Waals surface area contributed by atoms with Crippen LogP contribution in [-0.2, 0) is 20.9 Å². The first-order valence-electron chi connectivity index (χ1n) is 12.7. The number of aliphatic imine (C=N–C) groups is 1. The Balaban J connectivity index is 1.29. The number of carbonyl (C=O) groups is 2. The van der Waals surface area contributed by atoms with Gasteiger partial charge in [-0.3, -0.25) is 14.9 Å². The van der Waals surface area contributed by atoms with Crippen molar-refractivity contribution >= 4 is 53.6 Å². The van der Waals surface area contributed by atoms with Crippen LogP contribution < -0.4 is 0 Å². The number of amides is 1. The van der Waals surface area contributed by atoms with Gasteiger partial charge in [0.15, 0.2) is 0 Å². The van der Waals surface area contributed by atoms with Crippen LogP contribution in [-0.4, -0.2) is 61.3 Å². The summed E-state index contributed by atoms with van der Waals surface area (Å²) in [5, 5.41) is 22.8. The average Bonchev–Trinajstić information content (AvgIpc) is 3.58. The minimum Gasteiger partial charge on any atom is -0.456 e. The lowest BCUT2D eigenvalue weighted by molar-refractivity contribution is -0.384. The number of hydrogen-bond donors (Lipinski definition) is 1. The lowest BCUT2D eigenvalue weighted by atomic mass is 9.77. The Morgan fingerprint density at radius 2 is 1.98 bits per heavy atom. The van der Waals surface area contributed by atoms with Crippen molar-refractivity contribution in [2.24, 2.45) is 16.8 Å². The van der Waals surface area contributed by atoms with Crippen LogP contribution in [0.4, 0.5) is 5.69 Å². The Hall–Kier alpha value is -3.74. The summed E-state index contributed by atoms with van der Waals surface area (Å²) in [5.41, 5.74) is 1.53. The lowest BCUT2D eigenvalue weighted by Crippen LogP contribution is -2.63. The van der Waals surface area contributed by atoms with E-state index in [0.29, 0.717) is 5.56 Å². The number of β-lactam (4-membered cyclic amide) rings is 1. The zero-order valence-electron chi connectivity index (χ0n) is 21.5. The summed E-state index contributed by atoms with van der Waals surface area (Å²) in [6.07, 6.45) is 2.89. The van der Waals surface area contributed by atoms with Gasteiger partial charge >= 0.3 is 5.97 Å². The van der Waals surface area contributed by atoms with Crippen molar-refractivity contribution < 1.29 is 28.9 Å². The van der Waals surface area contributed by atoms with E-state index in [1.807, 2.05) is 48.0 Å². The molecule has 4 aliphatic heterocycles. The van der Waals surface area contributed by atoms with E-state index in [2.05, 4.69) is 4.99 Å². The van der Waals surface area contributed by atoms with Crippen molar-refractivity contribution in [2.45, 2.75) is 42.7 Å². The van der Waals surface area contributed by atoms with Gasteiger partial charge in [0.1, 0.15) is 12.3 Å². The number of thioether (sulfide) groups is 2. The van der Waals surface area contributed by atoms with Gasteiger partial charge < -0.3 is 14.7 Å². The Labute approximate surface area is 238 Å². The second-order valence-corrected chi connectivity index (χ2v) is 12.1. The number of aliphatic hydroxyl groups excluding tert-OH is 1. The van der Waals surface area contributed by atoms with Gasteiger partial charge in [-0.25, -0.2) is 4.79 Å². The van der Waals surface area contributed by atoms with Gasteiger partial charge in [0.25, 0.3) is 17.1 Å². The normalized spacial score (nSPS) is 25.5. The van der Waals surface area contributed by atoms with E-state index in [-0.39, 0.29) is 41.1 Å². The Kier molecular flexibility index (Phi) is 6.85. The molecule has 2 aromatic rings. The highest BCUT2D eigenvalue weighted by Crippen LogP contribution is 2.52. The zero-order valence-corrected chi connectivity index (χ0v) is 23.2. The average molecular weight is 578 g/mol.